The number of likely N-dealkylation sites (tertiary alicyclic amines) is 1. The number of H-pyrrole nitrogens is 1. The third-order valence-corrected chi connectivity index (χ3v) is 4.05. The largest absolute Gasteiger partial charge is 0.467 e. The van der Waals surface area contributed by atoms with E-state index < -0.39 is 0 Å². The lowest BCUT2D eigenvalue weighted by atomic mass is 9.90. The molecule has 5 heteroatoms. The van der Waals surface area contributed by atoms with Crippen molar-refractivity contribution in [2.75, 3.05) is 6.54 Å². The third-order valence-electron chi connectivity index (χ3n) is 4.05. The van der Waals surface area contributed by atoms with Gasteiger partial charge in [0, 0.05) is 12.7 Å². The summed E-state index contributed by atoms with van der Waals surface area (Å²) in [5.41, 5.74) is -0.164. The summed E-state index contributed by atoms with van der Waals surface area (Å²) in [4.78, 5) is 28.8. The van der Waals surface area contributed by atoms with Gasteiger partial charge in [-0.25, -0.2) is 0 Å². The fourth-order valence-corrected chi connectivity index (χ4v) is 2.88. The Labute approximate surface area is 122 Å². The normalized spacial score (nSPS) is 22.2. The Morgan fingerprint density at radius 2 is 2.24 bits per heavy atom. The molecule has 1 aliphatic heterocycles. The number of amides is 1. The van der Waals surface area contributed by atoms with Crippen LogP contribution >= 0.6 is 0 Å². The van der Waals surface area contributed by atoms with E-state index in [1.54, 1.807) is 23.3 Å². The number of furan rings is 1. The lowest BCUT2D eigenvalue weighted by Gasteiger charge is -2.37. The number of rotatable bonds is 2. The van der Waals surface area contributed by atoms with Crippen molar-refractivity contribution in [3.8, 4) is 0 Å². The van der Waals surface area contributed by atoms with Crippen molar-refractivity contribution >= 4 is 5.91 Å². The maximum absolute atomic E-state index is 12.7. The summed E-state index contributed by atoms with van der Waals surface area (Å²) < 4.78 is 5.49. The van der Waals surface area contributed by atoms with Gasteiger partial charge >= 0.3 is 0 Å². The van der Waals surface area contributed by atoms with Gasteiger partial charge in [0.1, 0.15) is 11.3 Å². The maximum atomic E-state index is 12.7. The molecule has 0 radical (unpaired) electrons. The van der Waals surface area contributed by atoms with E-state index >= 15 is 0 Å². The Kier molecular flexibility index (Phi) is 3.64. The highest BCUT2D eigenvalue weighted by Crippen LogP contribution is 2.34. The Morgan fingerprint density at radius 1 is 1.38 bits per heavy atom. The summed E-state index contributed by atoms with van der Waals surface area (Å²) in [7, 11) is 0. The van der Waals surface area contributed by atoms with Gasteiger partial charge in [0.05, 0.1) is 12.3 Å². The van der Waals surface area contributed by atoms with Crippen LogP contribution in [-0.2, 0) is 0 Å². The summed E-state index contributed by atoms with van der Waals surface area (Å²) in [6.45, 7) is 2.81. The summed E-state index contributed by atoms with van der Waals surface area (Å²) in [6.07, 6.45) is 4.94. The summed E-state index contributed by atoms with van der Waals surface area (Å²) in [5, 5.41) is 0. The fraction of sp³-hybridized carbons (Fsp3) is 0.375. The van der Waals surface area contributed by atoms with E-state index in [0.717, 1.165) is 18.6 Å². The van der Waals surface area contributed by atoms with E-state index in [9.17, 15) is 9.59 Å². The second-order valence-corrected chi connectivity index (χ2v) is 5.57. The number of carbonyl (C=O) groups excluding carboxylic acids is 1. The molecule has 0 saturated carbocycles. The first-order chi connectivity index (χ1) is 10.2. The fourth-order valence-electron chi connectivity index (χ4n) is 2.88. The molecule has 3 heterocycles. The van der Waals surface area contributed by atoms with Crippen molar-refractivity contribution in [3.63, 3.8) is 0 Å². The zero-order valence-electron chi connectivity index (χ0n) is 11.9. The van der Waals surface area contributed by atoms with Crippen LogP contribution in [0.25, 0.3) is 0 Å². The van der Waals surface area contributed by atoms with Gasteiger partial charge in [0.15, 0.2) is 0 Å². The van der Waals surface area contributed by atoms with Gasteiger partial charge in [-0.1, -0.05) is 6.92 Å². The number of nitrogens with zero attached hydrogens (tertiary/aromatic N) is 1. The van der Waals surface area contributed by atoms with Crippen molar-refractivity contribution in [1.82, 2.24) is 9.88 Å². The van der Waals surface area contributed by atoms with E-state index in [0.29, 0.717) is 12.5 Å². The molecule has 0 aromatic carbocycles. The van der Waals surface area contributed by atoms with Crippen LogP contribution in [-0.4, -0.2) is 22.3 Å². The van der Waals surface area contributed by atoms with Crippen molar-refractivity contribution in [2.24, 2.45) is 5.92 Å². The smallest absolute Gasteiger partial charge is 0.260 e. The van der Waals surface area contributed by atoms with E-state index in [-0.39, 0.29) is 23.1 Å². The van der Waals surface area contributed by atoms with Crippen LogP contribution in [0, 0.1) is 5.92 Å². The van der Waals surface area contributed by atoms with Crippen molar-refractivity contribution < 1.29 is 9.21 Å². The summed E-state index contributed by atoms with van der Waals surface area (Å²) >= 11 is 0. The molecule has 2 aromatic rings. The minimum atomic E-state index is -0.348. The Bertz CT molecular complexity index is 675. The van der Waals surface area contributed by atoms with Gasteiger partial charge in [-0.3, -0.25) is 9.59 Å². The lowest BCUT2D eigenvalue weighted by molar-refractivity contribution is 0.0519. The monoisotopic (exact) mass is 286 g/mol. The third kappa shape index (κ3) is 2.63. The summed E-state index contributed by atoms with van der Waals surface area (Å²) in [5.74, 6) is 1.07. The number of aromatic amines is 1. The molecule has 0 spiro atoms. The molecule has 110 valence electrons. The highest BCUT2D eigenvalue weighted by Gasteiger charge is 2.33. The van der Waals surface area contributed by atoms with E-state index in [4.69, 9.17) is 4.42 Å². The van der Waals surface area contributed by atoms with Crippen molar-refractivity contribution in [3.05, 3.63) is 58.4 Å². The molecular weight excluding hydrogens is 268 g/mol. The molecule has 2 atom stereocenters. The number of pyridine rings is 1. The number of hydrogen-bond donors (Lipinski definition) is 1. The average molecular weight is 286 g/mol. The zero-order valence-corrected chi connectivity index (χ0v) is 11.9. The Balaban J connectivity index is 1.93. The minimum Gasteiger partial charge on any atom is -0.467 e. The molecule has 0 unspecified atom stereocenters. The zero-order chi connectivity index (χ0) is 14.8. The van der Waals surface area contributed by atoms with Crippen LogP contribution < -0.4 is 5.56 Å². The lowest BCUT2D eigenvalue weighted by Crippen LogP contribution is -2.42. The predicted octanol–water partition coefficient (Wildman–Crippen LogP) is 2.58. The predicted molar refractivity (Wildman–Crippen MR) is 77.9 cm³/mol. The van der Waals surface area contributed by atoms with Gasteiger partial charge in [-0.05, 0) is 43.0 Å². The van der Waals surface area contributed by atoms with Crippen molar-refractivity contribution in [2.45, 2.75) is 25.8 Å². The first kappa shape index (κ1) is 13.7. The number of nitrogens with one attached hydrogen (secondary N) is 1. The maximum Gasteiger partial charge on any atom is 0.260 e. The van der Waals surface area contributed by atoms with Gasteiger partial charge in [0.25, 0.3) is 11.5 Å². The molecule has 1 amide bonds. The van der Waals surface area contributed by atoms with Crippen LogP contribution in [0.5, 0.6) is 0 Å². The second kappa shape index (κ2) is 5.60. The van der Waals surface area contributed by atoms with Gasteiger partial charge in [-0.15, -0.1) is 0 Å². The molecule has 1 aliphatic rings. The number of aromatic nitrogens is 1. The van der Waals surface area contributed by atoms with E-state index in [2.05, 4.69) is 11.9 Å². The number of hydrogen-bond acceptors (Lipinski definition) is 3. The van der Waals surface area contributed by atoms with Crippen LogP contribution in [0.2, 0.25) is 0 Å². The minimum absolute atomic E-state index is 0.101. The topological polar surface area (TPSA) is 66.3 Å². The SMILES string of the molecule is C[C@H]1CCN(C(=O)c2ccc[nH]c2=O)[C@@H](c2ccco2)C1. The molecule has 2 aromatic heterocycles. The van der Waals surface area contributed by atoms with Gasteiger partial charge < -0.3 is 14.3 Å². The van der Waals surface area contributed by atoms with Crippen LogP contribution in [0.15, 0.2) is 45.9 Å². The van der Waals surface area contributed by atoms with Gasteiger partial charge in [-0.2, -0.15) is 0 Å². The molecule has 1 N–H and O–H groups in total. The molecule has 0 aliphatic carbocycles. The highest BCUT2D eigenvalue weighted by molar-refractivity contribution is 5.94. The Hall–Kier alpha value is -2.30. The molecule has 3 rings (SSSR count). The number of carbonyl (C=O) groups is 1. The van der Waals surface area contributed by atoms with Crippen LogP contribution in [0.3, 0.4) is 0 Å². The summed E-state index contributed by atoms with van der Waals surface area (Å²) in [6, 6.07) is 6.85. The van der Waals surface area contributed by atoms with Crippen LogP contribution in [0.4, 0.5) is 0 Å². The quantitative estimate of drug-likeness (QED) is 0.922. The molecule has 21 heavy (non-hydrogen) atoms. The molecule has 1 fully saturated rings. The van der Waals surface area contributed by atoms with E-state index in [1.165, 1.54) is 6.20 Å². The van der Waals surface area contributed by atoms with Crippen LogP contribution in [0.1, 0.15) is 41.9 Å². The first-order valence-corrected chi connectivity index (χ1v) is 7.19. The molecular formula is C16H18N2O3. The average Bonchev–Trinajstić information content (AvgIpc) is 3.01. The second-order valence-electron chi connectivity index (χ2n) is 5.57. The molecule has 5 nitrogen and oxygen atoms in total. The van der Waals surface area contributed by atoms with Gasteiger partial charge in [0.2, 0.25) is 0 Å². The molecule has 1 saturated heterocycles. The molecule has 0 bridgehead atoms. The Morgan fingerprint density at radius 3 is 2.95 bits per heavy atom. The number of piperidine rings is 1. The highest BCUT2D eigenvalue weighted by atomic mass is 16.3. The standard InChI is InChI=1S/C16H18N2O3/c1-11-6-8-18(13(10-11)14-5-3-9-21-14)16(20)12-4-2-7-17-15(12)19/h2-5,7,9,11,13H,6,8,10H2,1H3,(H,17,19)/t11-,13+/m0/s1. The first-order valence-electron chi connectivity index (χ1n) is 7.19. The van der Waals surface area contributed by atoms with E-state index in [1.807, 2.05) is 12.1 Å². The van der Waals surface area contributed by atoms with Crippen molar-refractivity contribution in [1.29, 1.82) is 0 Å².